The van der Waals surface area contributed by atoms with E-state index in [0.29, 0.717) is 5.25 Å². The van der Waals surface area contributed by atoms with Crippen LogP contribution in [0.5, 0.6) is 0 Å². The van der Waals surface area contributed by atoms with Crippen LogP contribution in [-0.4, -0.2) is 5.25 Å². The monoisotopic (exact) mass is 239 g/mol. The van der Waals surface area contributed by atoms with Crippen molar-refractivity contribution in [3.05, 3.63) is 29.6 Å². The van der Waals surface area contributed by atoms with E-state index in [1.165, 1.54) is 25.7 Å². The number of rotatable bonds is 3. The maximum absolute atomic E-state index is 13.8. The Morgan fingerprint density at radius 3 is 2.62 bits per heavy atom. The van der Waals surface area contributed by atoms with Gasteiger partial charge < -0.3 is 5.73 Å². The number of nitrogens with two attached hydrogens (primary N) is 1. The Morgan fingerprint density at radius 2 is 2.06 bits per heavy atom. The van der Waals surface area contributed by atoms with Crippen molar-refractivity contribution in [2.24, 2.45) is 5.73 Å². The van der Waals surface area contributed by atoms with Gasteiger partial charge in [-0.05, 0) is 37.5 Å². The van der Waals surface area contributed by atoms with Crippen molar-refractivity contribution in [1.82, 2.24) is 0 Å². The quantitative estimate of drug-likeness (QED) is 0.866. The van der Waals surface area contributed by atoms with Crippen LogP contribution in [0, 0.1) is 5.82 Å². The van der Waals surface area contributed by atoms with E-state index < -0.39 is 0 Å². The second-order valence-electron chi connectivity index (χ2n) is 4.50. The SMILES string of the molecule is C[C@@H](N)c1ccc(SC2CCCC2)c(F)c1. The molecule has 88 valence electrons. The highest BCUT2D eigenvalue weighted by atomic mass is 32.2. The van der Waals surface area contributed by atoms with Crippen LogP contribution in [0.15, 0.2) is 23.1 Å². The molecule has 0 saturated heterocycles. The topological polar surface area (TPSA) is 26.0 Å². The molecule has 0 unspecified atom stereocenters. The van der Waals surface area contributed by atoms with E-state index in [1.54, 1.807) is 17.8 Å². The Morgan fingerprint density at radius 1 is 1.38 bits per heavy atom. The minimum absolute atomic E-state index is 0.0972. The highest BCUT2D eigenvalue weighted by Gasteiger charge is 2.18. The lowest BCUT2D eigenvalue weighted by Crippen LogP contribution is -2.05. The van der Waals surface area contributed by atoms with E-state index in [2.05, 4.69) is 0 Å². The van der Waals surface area contributed by atoms with Gasteiger partial charge in [-0.25, -0.2) is 4.39 Å². The average molecular weight is 239 g/mol. The van der Waals surface area contributed by atoms with Crippen molar-refractivity contribution < 1.29 is 4.39 Å². The molecule has 0 amide bonds. The van der Waals surface area contributed by atoms with Crippen LogP contribution in [0.3, 0.4) is 0 Å². The van der Waals surface area contributed by atoms with Crippen LogP contribution in [0.2, 0.25) is 0 Å². The molecule has 2 rings (SSSR count). The van der Waals surface area contributed by atoms with E-state index in [1.807, 2.05) is 19.1 Å². The van der Waals surface area contributed by atoms with Gasteiger partial charge in [-0.2, -0.15) is 0 Å². The Bertz CT molecular complexity index is 359. The van der Waals surface area contributed by atoms with Gasteiger partial charge in [-0.15, -0.1) is 11.8 Å². The van der Waals surface area contributed by atoms with Gasteiger partial charge in [-0.1, -0.05) is 18.9 Å². The molecule has 3 heteroatoms. The van der Waals surface area contributed by atoms with Gasteiger partial charge in [0.1, 0.15) is 5.82 Å². The number of hydrogen-bond acceptors (Lipinski definition) is 2. The zero-order valence-electron chi connectivity index (χ0n) is 9.58. The van der Waals surface area contributed by atoms with Crippen LogP contribution < -0.4 is 5.73 Å². The van der Waals surface area contributed by atoms with E-state index in [4.69, 9.17) is 5.73 Å². The van der Waals surface area contributed by atoms with Crippen molar-refractivity contribution >= 4 is 11.8 Å². The maximum atomic E-state index is 13.8. The highest BCUT2D eigenvalue weighted by molar-refractivity contribution is 8.00. The largest absolute Gasteiger partial charge is 0.324 e. The summed E-state index contributed by atoms with van der Waals surface area (Å²) in [6.07, 6.45) is 5.02. The second kappa shape index (κ2) is 5.19. The smallest absolute Gasteiger partial charge is 0.137 e. The minimum Gasteiger partial charge on any atom is -0.324 e. The highest BCUT2D eigenvalue weighted by Crippen LogP contribution is 2.36. The fourth-order valence-corrected chi connectivity index (χ4v) is 3.33. The predicted molar refractivity (Wildman–Crippen MR) is 67.1 cm³/mol. The first-order valence-electron chi connectivity index (χ1n) is 5.88. The van der Waals surface area contributed by atoms with Crippen molar-refractivity contribution in [3.63, 3.8) is 0 Å². The summed E-state index contributed by atoms with van der Waals surface area (Å²) in [5, 5.41) is 0.607. The van der Waals surface area contributed by atoms with E-state index in [9.17, 15) is 4.39 Å². The predicted octanol–water partition coefficient (Wildman–Crippen LogP) is 3.88. The van der Waals surface area contributed by atoms with E-state index in [0.717, 1.165) is 10.5 Å². The van der Waals surface area contributed by atoms with Crippen LogP contribution >= 0.6 is 11.8 Å². The molecule has 1 aromatic carbocycles. The normalized spacial score (nSPS) is 18.9. The standard InChI is InChI=1S/C13H18FNS/c1-9(15)10-6-7-13(12(14)8-10)16-11-4-2-3-5-11/h6-9,11H,2-5,15H2,1H3/t9-/m1/s1. The lowest BCUT2D eigenvalue weighted by molar-refractivity contribution is 0.596. The zero-order chi connectivity index (χ0) is 11.5. The molecular formula is C13H18FNS. The summed E-state index contributed by atoms with van der Waals surface area (Å²) >= 11 is 1.68. The summed E-state index contributed by atoms with van der Waals surface area (Å²) in [7, 11) is 0. The first-order valence-corrected chi connectivity index (χ1v) is 6.76. The molecule has 0 spiro atoms. The second-order valence-corrected chi connectivity index (χ2v) is 5.85. The van der Waals surface area contributed by atoms with Crippen LogP contribution in [0.25, 0.3) is 0 Å². The Hall–Kier alpha value is -0.540. The first kappa shape index (κ1) is 11.9. The molecule has 0 heterocycles. The molecule has 0 radical (unpaired) electrons. The number of benzene rings is 1. The lowest BCUT2D eigenvalue weighted by Gasteiger charge is -2.11. The molecule has 1 fully saturated rings. The van der Waals surface area contributed by atoms with Crippen molar-refractivity contribution in [1.29, 1.82) is 0 Å². The van der Waals surface area contributed by atoms with Crippen molar-refractivity contribution in [2.75, 3.05) is 0 Å². The van der Waals surface area contributed by atoms with Crippen LogP contribution in [-0.2, 0) is 0 Å². The summed E-state index contributed by atoms with van der Waals surface area (Å²) < 4.78 is 13.8. The number of thioether (sulfide) groups is 1. The molecule has 0 aromatic heterocycles. The van der Waals surface area contributed by atoms with Crippen molar-refractivity contribution in [2.45, 2.75) is 48.8 Å². The Kier molecular flexibility index (Phi) is 3.87. The molecule has 1 saturated carbocycles. The summed E-state index contributed by atoms with van der Waals surface area (Å²) in [6, 6.07) is 5.28. The molecule has 0 bridgehead atoms. The van der Waals surface area contributed by atoms with Gasteiger partial charge >= 0.3 is 0 Å². The van der Waals surface area contributed by atoms with E-state index >= 15 is 0 Å². The molecule has 1 aliphatic rings. The number of halogens is 1. The summed E-state index contributed by atoms with van der Waals surface area (Å²) in [6.45, 7) is 1.87. The maximum Gasteiger partial charge on any atom is 0.137 e. The Balaban J connectivity index is 2.09. The average Bonchev–Trinajstić information content (AvgIpc) is 2.73. The van der Waals surface area contributed by atoms with Crippen molar-refractivity contribution in [3.8, 4) is 0 Å². The van der Waals surface area contributed by atoms with Gasteiger partial charge in [0, 0.05) is 16.2 Å². The fraction of sp³-hybridized carbons (Fsp3) is 0.538. The summed E-state index contributed by atoms with van der Waals surface area (Å²) in [4.78, 5) is 0.774. The molecule has 1 atom stereocenters. The third kappa shape index (κ3) is 2.77. The van der Waals surface area contributed by atoms with Gasteiger partial charge in [0.05, 0.1) is 0 Å². The molecule has 0 aliphatic heterocycles. The Labute approximate surface area is 101 Å². The molecule has 1 aromatic rings. The van der Waals surface area contributed by atoms with Gasteiger partial charge in [0.2, 0.25) is 0 Å². The van der Waals surface area contributed by atoms with Crippen LogP contribution in [0.1, 0.15) is 44.2 Å². The third-order valence-corrected chi connectivity index (χ3v) is 4.47. The van der Waals surface area contributed by atoms with Gasteiger partial charge in [-0.3, -0.25) is 0 Å². The lowest BCUT2D eigenvalue weighted by atomic mass is 10.1. The fourth-order valence-electron chi connectivity index (χ4n) is 2.08. The van der Waals surface area contributed by atoms with Crippen LogP contribution in [0.4, 0.5) is 4.39 Å². The molecule has 2 N–H and O–H groups in total. The zero-order valence-corrected chi connectivity index (χ0v) is 10.4. The molecule has 1 aliphatic carbocycles. The number of hydrogen-bond donors (Lipinski definition) is 1. The summed E-state index contributed by atoms with van der Waals surface area (Å²) in [5.41, 5.74) is 6.59. The summed E-state index contributed by atoms with van der Waals surface area (Å²) in [5.74, 6) is -0.119. The molecule has 1 nitrogen and oxygen atoms in total. The van der Waals surface area contributed by atoms with Gasteiger partial charge in [0.25, 0.3) is 0 Å². The molecule has 16 heavy (non-hydrogen) atoms. The minimum atomic E-state index is -0.119. The van der Waals surface area contributed by atoms with Gasteiger partial charge in [0.15, 0.2) is 0 Å². The van der Waals surface area contributed by atoms with E-state index in [-0.39, 0.29) is 11.9 Å². The first-order chi connectivity index (χ1) is 7.66. The molecular weight excluding hydrogens is 221 g/mol. The third-order valence-electron chi connectivity index (χ3n) is 3.08.